The summed E-state index contributed by atoms with van der Waals surface area (Å²) in [5.74, 6) is 0.384. The molecule has 9 heteroatoms. The number of aromatic nitrogens is 4. The molecular weight excluding hydrogens is 315 g/mol. The summed E-state index contributed by atoms with van der Waals surface area (Å²) in [5, 5.41) is 10.2. The van der Waals surface area contributed by atoms with Crippen molar-refractivity contribution < 1.29 is 13.2 Å². The predicted molar refractivity (Wildman–Crippen MR) is 77.1 cm³/mol. The summed E-state index contributed by atoms with van der Waals surface area (Å²) in [6, 6.07) is 7.06. The fraction of sp³-hybridized carbons (Fsp3) is 0.154. The Bertz CT molecular complexity index is 815. The number of thioether (sulfide) groups is 1. The highest BCUT2D eigenvalue weighted by atomic mass is 32.2. The molecule has 0 spiro atoms. The quantitative estimate of drug-likeness (QED) is 0.723. The number of benzene rings is 1. The van der Waals surface area contributed by atoms with Crippen LogP contribution in [0.1, 0.15) is 11.1 Å². The smallest absolute Gasteiger partial charge is 0.384 e. The normalized spacial score (nSPS) is 12.0. The van der Waals surface area contributed by atoms with Crippen molar-refractivity contribution in [1.29, 1.82) is 0 Å². The predicted octanol–water partition coefficient (Wildman–Crippen LogP) is 3.25. The third-order valence-electron chi connectivity index (χ3n) is 2.98. The number of hydrogen-bond acceptors (Lipinski definition) is 5. The van der Waals surface area contributed by atoms with Gasteiger partial charge in [0, 0.05) is 10.6 Å². The van der Waals surface area contributed by atoms with Crippen molar-refractivity contribution in [2.75, 3.05) is 5.73 Å². The summed E-state index contributed by atoms with van der Waals surface area (Å²) in [7, 11) is 0. The van der Waals surface area contributed by atoms with Gasteiger partial charge in [-0.3, -0.25) is 0 Å². The van der Waals surface area contributed by atoms with Crippen LogP contribution in [0.15, 0.2) is 35.2 Å². The summed E-state index contributed by atoms with van der Waals surface area (Å²) in [6.07, 6.45) is -4.38. The molecule has 0 unspecified atom stereocenters. The second-order valence-corrected chi connectivity index (χ2v) is 5.50. The first-order chi connectivity index (χ1) is 10.4. The number of halogens is 3. The Morgan fingerprint density at radius 2 is 1.95 bits per heavy atom. The van der Waals surface area contributed by atoms with E-state index in [4.69, 9.17) is 5.73 Å². The van der Waals surface area contributed by atoms with E-state index in [1.807, 2.05) is 0 Å². The highest BCUT2D eigenvalue weighted by molar-refractivity contribution is 7.98. The summed E-state index contributed by atoms with van der Waals surface area (Å²) in [6.45, 7) is 0. The van der Waals surface area contributed by atoms with Crippen LogP contribution in [0.3, 0.4) is 0 Å². The number of rotatable bonds is 3. The number of nitrogen functional groups attached to an aromatic ring is 1. The minimum atomic E-state index is -4.38. The Morgan fingerprint density at radius 3 is 2.73 bits per heavy atom. The molecule has 0 saturated heterocycles. The Labute approximate surface area is 127 Å². The summed E-state index contributed by atoms with van der Waals surface area (Å²) >= 11 is 1.21. The van der Waals surface area contributed by atoms with Gasteiger partial charge in [0.2, 0.25) is 5.65 Å². The van der Waals surface area contributed by atoms with Crippen molar-refractivity contribution in [3.8, 4) is 0 Å². The van der Waals surface area contributed by atoms with Gasteiger partial charge in [-0.05, 0) is 17.7 Å². The van der Waals surface area contributed by atoms with E-state index in [-0.39, 0.29) is 17.1 Å². The van der Waals surface area contributed by atoms with E-state index in [1.54, 1.807) is 12.1 Å². The molecule has 22 heavy (non-hydrogen) atoms. The van der Waals surface area contributed by atoms with Gasteiger partial charge in [0.1, 0.15) is 11.3 Å². The van der Waals surface area contributed by atoms with Gasteiger partial charge < -0.3 is 5.73 Å². The Kier molecular flexibility index (Phi) is 3.65. The molecule has 0 atom stereocenters. The van der Waals surface area contributed by atoms with Crippen molar-refractivity contribution in [3.05, 3.63) is 41.5 Å². The van der Waals surface area contributed by atoms with Gasteiger partial charge in [0.05, 0.1) is 5.56 Å². The van der Waals surface area contributed by atoms with Gasteiger partial charge in [-0.2, -0.15) is 23.5 Å². The van der Waals surface area contributed by atoms with E-state index in [9.17, 15) is 13.2 Å². The van der Waals surface area contributed by atoms with Crippen LogP contribution >= 0.6 is 11.8 Å². The minimum Gasteiger partial charge on any atom is -0.384 e. The van der Waals surface area contributed by atoms with E-state index >= 15 is 0 Å². The first-order valence-electron chi connectivity index (χ1n) is 6.20. The molecule has 0 radical (unpaired) electrons. The zero-order valence-electron chi connectivity index (χ0n) is 11.1. The average molecular weight is 325 g/mol. The maximum absolute atomic E-state index is 13.0. The van der Waals surface area contributed by atoms with Gasteiger partial charge >= 0.3 is 6.18 Å². The number of H-pyrrole nitrogens is 1. The lowest BCUT2D eigenvalue weighted by Crippen LogP contribution is -2.08. The first kappa shape index (κ1) is 14.6. The minimum absolute atomic E-state index is 0.140. The molecule has 0 fully saturated rings. The maximum Gasteiger partial charge on any atom is 0.416 e. The molecule has 2 heterocycles. The Balaban J connectivity index is 1.91. The number of alkyl halides is 3. The fourth-order valence-electron chi connectivity index (χ4n) is 2.01. The van der Waals surface area contributed by atoms with E-state index in [0.29, 0.717) is 16.1 Å². The standard InChI is InChI=1S/C13H10F3N5S/c14-13(15,16)8-4-2-1-3-7(8)6-22-9-5-10(17)18-12-11(9)19-21-20-12/h1-5H,6H2,(H3,17,18,19,20,21). The van der Waals surface area contributed by atoms with Gasteiger partial charge in [-0.15, -0.1) is 16.9 Å². The number of hydrogen-bond donors (Lipinski definition) is 2. The van der Waals surface area contributed by atoms with Gasteiger partial charge in [-0.1, -0.05) is 18.2 Å². The Hall–Kier alpha value is -2.29. The molecule has 0 aliphatic carbocycles. The number of nitrogens with one attached hydrogen (secondary N) is 1. The molecular formula is C13H10F3N5S. The van der Waals surface area contributed by atoms with E-state index in [0.717, 1.165) is 6.07 Å². The van der Waals surface area contributed by atoms with Gasteiger partial charge in [-0.25, -0.2) is 4.98 Å². The fourth-order valence-corrected chi connectivity index (χ4v) is 3.05. The summed E-state index contributed by atoms with van der Waals surface area (Å²) in [5.41, 5.74) is 6.06. The lowest BCUT2D eigenvalue weighted by molar-refractivity contribution is -0.138. The number of anilines is 1. The molecule has 5 nitrogen and oxygen atoms in total. The van der Waals surface area contributed by atoms with Gasteiger partial charge in [0.15, 0.2) is 0 Å². The first-order valence-corrected chi connectivity index (χ1v) is 7.18. The average Bonchev–Trinajstić information content (AvgIpc) is 2.92. The lowest BCUT2D eigenvalue weighted by Gasteiger charge is -2.12. The number of nitrogens with two attached hydrogens (primary N) is 1. The molecule has 0 amide bonds. The van der Waals surface area contributed by atoms with Crippen LogP contribution in [-0.2, 0) is 11.9 Å². The molecule has 0 saturated carbocycles. The van der Waals surface area contributed by atoms with Crippen LogP contribution < -0.4 is 5.73 Å². The largest absolute Gasteiger partial charge is 0.416 e. The van der Waals surface area contributed by atoms with Crippen LogP contribution in [0, 0.1) is 0 Å². The third-order valence-corrected chi connectivity index (χ3v) is 4.06. The molecule has 0 aliphatic heterocycles. The van der Waals surface area contributed by atoms with Crippen molar-refractivity contribution >= 4 is 28.7 Å². The number of pyridine rings is 1. The highest BCUT2D eigenvalue weighted by Crippen LogP contribution is 2.36. The third kappa shape index (κ3) is 2.84. The molecule has 0 bridgehead atoms. The molecule has 1 aromatic carbocycles. The van der Waals surface area contributed by atoms with Crippen molar-refractivity contribution in [2.24, 2.45) is 0 Å². The number of aromatic amines is 1. The SMILES string of the molecule is Nc1cc(SCc2ccccc2C(F)(F)F)c2n[nH]nc2n1. The van der Waals surface area contributed by atoms with Crippen LogP contribution in [0.5, 0.6) is 0 Å². The highest BCUT2D eigenvalue weighted by Gasteiger charge is 2.32. The summed E-state index contributed by atoms with van der Waals surface area (Å²) < 4.78 is 38.9. The Morgan fingerprint density at radius 1 is 1.18 bits per heavy atom. The number of nitrogens with zero attached hydrogens (tertiary/aromatic N) is 3. The molecule has 114 valence electrons. The molecule has 3 aromatic rings. The molecule has 3 rings (SSSR count). The zero-order chi connectivity index (χ0) is 15.7. The molecule has 0 aliphatic rings. The monoisotopic (exact) mass is 325 g/mol. The van der Waals surface area contributed by atoms with Crippen molar-refractivity contribution in [1.82, 2.24) is 20.4 Å². The number of fused-ring (bicyclic) bond motifs is 1. The summed E-state index contributed by atoms with van der Waals surface area (Å²) in [4.78, 5) is 4.62. The molecule has 2 aromatic heterocycles. The van der Waals surface area contributed by atoms with Crippen LogP contribution in [0.2, 0.25) is 0 Å². The van der Waals surface area contributed by atoms with E-state index in [2.05, 4.69) is 20.4 Å². The van der Waals surface area contributed by atoms with Gasteiger partial charge in [0.25, 0.3) is 0 Å². The van der Waals surface area contributed by atoms with Crippen LogP contribution in [0.25, 0.3) is 11.2 Å². The second-order valence-electron chi connectivity index (χ2n) is 4.48. The van der Waals surface area contributed by atoms with Crippen molar-refractivity contribution in [3.63, 3.8) is 0 Å². The van der Waals surface area contributed by atoms with E-state index < -0.39 is 11.7 Å². The van der Waals surface area contributed by atoms with Crippen molar-refractivity contribution in [2.45, 2.75) is 16.8 Å². The molecule has 3 N–H and O–H groups in total. The zero-order valence-corrected chi connectivity index (χ0v) is 11.9. The lowest BCUT2D eigenvalue weighted by atomic mass is 10.1. The van der Waals surface area contributed by atoms with Crippen LogP contribution in [0.4, 0.5) is 19.0 Å². The topological polar surface area (TPSA) is 80.5 Å². The van der Waals surface area contributed by atoms with Crippen LogP contribution in [-0.4, -0.2) is 20.4 Å². The van der Waals surface area contributed by atoms with E-state index in [1.165, 1.54) is 23.9 Å². The second kappa shape index (κ2) is 5.48. The maximum atomic E-state index is 13.0.